The number of benzene rings is 1. The highest BCUT2D eigenvalue weighted by atomic mass is 32.2. The number of pyridine rings is 1. The largest absolute Gasteiger partial charge is 0.325 e. The summed E-state index contributed by atoms with van der Waals surface area (Å²) >= 11 is 0. The number of carbonyl (C=O) groups excluding carboxylic acids is 1. The van der Waals surface area contributed by atoms with Crippen LogP contribution in [0.3, 0.4) is 0 Å². The number of anilines is 1. The molecule has 0 aliphatic carbocycles. The highest BCUT2D eigenvalue weighted by Crippen LogP contribution is 2.12. The van der Waals surface area contributed by atoms with E-state index in [1.54, 1.807) is 24.3 Å². The number of nitrogens with one attached hydrogen (secondary N) is 1. The molecule has 136 valence electrons. The van der Waals surface area contributed by atoms with Crippen molar-refractivity contribution >= 4 is 21.6 Å². The molecule has 2 aromatic rings. The van der Waals surface area contributed by atoms with Crippen LogP contribution in [0.4, 0.5) is 5.69 Å². The molecule has 8 nitrogen and oxygen atoms in total. The summed E-state index contributed by atoms with van der Waals surface area (Å²) in [6.45, 7) is -0.324. The van der Waals surface area contributed by atoms with Gasteiger partial charge in [-0.25, -0.2) is 12.7 Å². The Balaban J connectivity index is 2.16. The Morgan fingerprint density at radius 1 is 1.19 bits per heavy atom. The molecule has 1 heterocycles. The molecule has 9 heteroatoms. The molecule has 2 rings (SSSR count). The van der Waals surface area contributed by atoms with Gasteiger partial charge in [-0.15, -0.1) is 0 Å². The minimum Gasteiger partial charge on any atom is -0.325 e. The number of nitriles is 1. The van der Waals surface area contributed by atoms with Crippen LogP contribution in [-0.4, -0.2) is 37.3 Å². The summed E-state index contributed by atoms with van der Waals surface area (Å²) in [7, 11) is -0.941. The molecule has 1 aromatic heterocycles. The molecule has 0 radical (unpaired) electrons. The first kappa shape index (κ1) is 19.4. The lowest BCUT2D eigenvalue weighted by molar-refractivity contribution is -0.116. The van der Waals surface area contributed by atoms with Crippen molar-refractivity contribution < 1.29 is 13.2 Å². The fourth-order valence-electron chi connectivity index (χ4n) is 2.15. The lowest BCUT2D eigenvalue weighted by Gasteiger charge is -2.13. The zero-order chi connectivity index (χ0) is 19.3. The molecule has 0 spiro atoms. The minimum absolute atomic E-state index is 0.0734. The van der Waals surface area contributed by atoms with Crippen LogP contribution in [0.2, 0.25) is 0 Å². The van der Waals surface area contributed by atoms with Gasteiger partial charge in [-0.05, 0) is 23.8 Å². The summed E-state index contributed by atoms with van der Waals surface area (Å²) in [5, 5.41) is 11.3. The molecular weight excluding hydrogens is 356 g/mol. The van der Waals surface area contributed by atoms with Crippen LogP contribution in [0.5, 0.6) is 0 Å². The van der Waals surface area contributed by atoms with E-state index in [1.165, 1.54) is 20.2 Å². The molecule has 0 saturated carbocycles. The van der Waals surface area contributed by atoms with Crippen LogP contribution >= 0.6 is 0 Å². The number of hydrogen-bond acceptors (Lipinski definition) is 5. The monoisotopic (exact) mass is 374 g/mol. The van der Waals surface area contributed by atoms with Crippen LogP contribution < -0.4 is 10.9 Å². The second-order valence-corrected chi connectivity index (χ2v) is 7.85. The molecule has 0 bridgehead atoms. The quantitative estimate of drug-likeness (QED) is 0.804. The molecular formula is C17H18N4O4S. The Hall–Kier alpha value is -2.96. The maximum Gasteiger partial charge on any atom is 0.251 e. The SMILES string of the molecule is CN(C)S(=O)(=O)c1ccc(=O)n(CC(=O)Nc2ccc(CC#N)cc2)c1. The van der Waals surface area contributed by atoms with E-state index in [4.69, 9.17) is 5.26 Å². The van der Waals surface area contributed by atoms with Gasteiger partial charge in [-0.2, -0.15) is 5.26 Å². The smallest absolute Gasteiger partial charge is 0.251 e. The number of amides is 1. The van der Waals surface area contributed by atoms with Crippen LogP contribution in [0, 0.1) is 11.3 Å². The Bertz CT molecular complexity index is 1000. The first-order valence-electron chi connectivity index (χ1n) is 7.63. The average molecular weight is 374 g/mol. The molecule has 0 saturated heterocycles. The number of nitrogens with zero attached hydrogens (tertiary/aromatic N) is 3. The Morgan fingerprint density at radius 3 is 2.42 bits per heavy atom. The fourth-order valence-corrected chi connectivity index (χ4v) is 3.07. The zero-order valence-electron chi connectivity index (χ0n) is 14.3. The molecule has 0 aliphatic heterocycles. The predicted octanol–water partition coefficient (Wildman–Crippen LogP) is 0.803. The number of hydrogen-bond donors (Lipinski definition) is 1. The van der Waals surface area contributed by atoms with Gasteiger partial charge in [0.25, 0.3) is 5.56 Å². The van der Waals surface area contributed by atoms with Gasteiger partial charge in [0, 0.05) is 32.0 Å². The normalized spacial score (nSPS) is 11.2. The van der Waals surface area contributed by atoms with Crippen LogP contribution in [0.1, 0.15) is 5.56 Å². The van der Waals surface area contributed by atoms with Crippen LogP contribution in [0.15, 0.2) is 52.3 Å². The molecule has 1 aromatic carbocycles. The maximum absolute atomic E-state index is 12.2. The third-order valence-corrected chi connectivity index (χ3v) is 5.37. The minimum atomic E-state index is -3.71. The van der Waals surface area contributed by atoms with Gasteiger partial charge < -0.3 is 9.88 Å². The van der Waals surface area contributed by atoms with E-state index in [2.05, 4.69) is 5.32 Å². The van der Waals surface area contributed by atoms with Crippen molar-refractivity contribution in [1.29, 1.82) is 5.26 Å². The van der Waals surface area contributed by atoms with Gasteiger partial charge >= 0.3 is 0 Å². The summed E-state index contributed by atoms with van der Waals surface area (Å²) in [6.07, 6.45) is 1.42. The van der Waals surface area contributed by atoms with E-state index in [0.29, 0.717) is 5.69 Å². The van der Waals surface area contributed by atoms with Crippen molar-refractivity contribution in [2.75, 3.05) is 19.4 Å². The molecule has 0 unspecified atom stereocenters. The van der Waals surface area contributed by atoms with Crippen molar-refractivity contribution in [2.45, 2.75) is 17.9 Å². The number of rotatable bonds is 6. The molecule has 1 N–H and O–H groups in total. The fraction of sp³-hybridized carbons (Fsp3) is 0.235. The molecule has 0 fully saturated rings. The zero-order valence-corrected chi connectivity index (χ0v) is 15.2. The van der Waals surface area contributed by atoms with E-state index < -0.39 is 21.5 Å². The van der Waals surface area contributed by atoms with Gasteiger partial charge in [0.15, 0.2) is 0 Å². The topological polar surface area (TPSA) is 112 Å². The first-order chi connectivity index (χ1) is 12.2. The van der Waals surface area contributed by atoms with Crippen molar-refractivity contribution in [3.05, 3.63) is 58.5 Å². The van der Waals surface area contributed by atoms with Gasteiger partial charge in [-0.1, -0.05) is 12.1 Å². The van der Waals surface area contributed by atoms with E-state index >= 15 is 0 Å². The standard InChI is InChI=1S/C17H18N4O4S/c1-20(2)26(24,25)15-7-8-17(23)21(11-15)12-16(22)19-14-5-3-13(4-6-14)9-10-18/h3-8,11H,9,12H2,1-2H3,(H,19,22). The highest BCUT2D eigenvalue weighted by Gasteiger charge is 2.18. The summed E-state index contributed by atoms with van der Waals surface area (Å²) in [5.41, 5.74) is 0.854. The summed E-state index contributed by atoms with van der Waals surface area (Å²) in [6, 6.07) is 11.1. The van der Waals surface area contributed by atoms with Gasteiger partial charge in [0.2, 0.25) is 15.9 Å². The predicted molar refractivity (Wildman–Crippen MR) is 96.0 cm³/mol. The Morgan fingerprint density at radius 2 is 1.85 bits per heavy atom. The third-order valence-electron chi connectivity index (χ3n) is 3.57. The number of aromatic nitrogens is 1. The van der Waals surface area contributed by atoms with Crippen molar-refractivity contribution in [1.82, 2.24) is 8.87 Å². The van der Waals surface area contributed by atoms with Crippen molar-refractivity contribution in [3.8, 4) is 6.07 Å². The molecule has 0 aliphatic rings. The second kappa shape index (κ2) is 7.95. The Labute approximate surface area is 151 Å². The summed E-state index contributed by atoms with van der Waals surface area (Å²) in [5.74, 6) is -0.473. The van der Waals surface area contributed by atoms with E-state index in [-0.39, 0.29) is 17.9 Å². The van der Waals surface area contributed by atoms with E-state index in [1.807, 2.05) is 6.07 Å². The van der Waals surface area contributed by atoms with Crippen molar-refractivity contribution in [3.63, 3.8) is 0 Å². The van der Waals surface area contributed by atoms with Crippen LogP contribution in [-0.2, 0) is 27.8 Å². The third kappa shape index (κ3) is 4.56. The Kier molecular flexibility index (Phi) is 5.92. The molecule has 0 atom stereocenters. The maximum atomic E-state index is 12.2. The van der Waals surface area contributed by atoms with Gasteiger partial charge in [0.05, 0.1) is 17.4 Å². The lowest BCUT2D eigenvalue weighted by Crippen LogP contribution is -2.29. The van der Waals surface area contributed by atoms with E-state index in [9.17, 15) is 18.0 Å². The molecule has 1 amide bonds. The average Bonchev–Trinajstić information content (AvgIpc) is 2.58. The number of carbonyl (C=O) groups is 1. The van der Waals surface area contributed by atoms with Crippen molar-refractivity contribution in [2.24, 2.45) is 0 Å². The summed E-state index contributed by atoms with van der Waals surface area (Å²) in [4.78, 5) is 24.0. The molecule has 26 heavy (non-hydrogen) atoms. The van der Waals surface area contributed by atoms with Gasteiger partial charge in [-0.3, -0.25) is 9.59 Å². The number of sulfonamides is 1. The summed E-state index contributed by atoms with van der Waals surface area (Å²) < 4.78 is 26.4. The highest BCUT2D eigenvalue weighted by molar-refractivity contribution is 7.89. The van der Waals surface area contributed by atoms with Gasteiger partial charge in [0.1, 0.15) is 6.54 Å². The van der Waals surface area contributed by atoms with E-state index in [0.717, 1.165) is 26.7 Å². The second-order valence-electron chi connectivity index (χ2n) is 5.70. The van der Waals surface area contributed by atoms with Crippen LogP contribution in [0.25, 0.3) is 0 Å². The lowest BCUT2D eigenvalue weighted by atomic mass is 10.1. The first-order valence-corrected chi connectivity index (χ1v) is 9.07.